The minimum atomic E-state index is -0.757. The number of hydrogen-bond acceptors (Lipinski definition) is 1. The molecule has 3 heteroatoms. The molecule has 2 aliphatic carbocycles. The lowest BCUT2D eigenvalue weighted by molar-refractivity contribution is 0.409. The van der Waals surface area contributed by atoms with Crippen molar-refractivity contribution in [1.29, 1.82) is 0 Å². The number of likely N-dealkylation sites (N-methyl/N-ethyl adjacent to an activating group) is 1. The largest absolute Gasteiger partial charge is 0.314 e. The number of nitrogens with one attached hydrogen (secondary N) is 1. The van der Waals surface area contributed by atoms with Crippen molar-refractivity contribution in [2.45, 2.75) is 38.6 Å². The first-order valence-corrected chi connectivity index (χ1v) is 7.38. The van der Waals surface area contributed by atoms with Gasteiger partial charge in [0.1, 0.15) is 0 Å². The zero-order chi connectivity index (χ0) is 13.4. The quantitative estimate of drug-likeness (QED) is 0.858. The lowest BCUT2D eigenvalue weighted by Gasteiger charge is -2.20. The normalized spacial score (nSPS) is 30.2. The molecule has 2 saturated carbocycles. The Labute approximate surface area is 113 Å². The van der Waals surface area contributed by atoms with E-state index in [1.165, 1.54) is 31.4 Å². The van der Waals surface area contributed by atoms with Crippen LogP contribution in [0.25, 0.3) is 0 Å². The van der Waals surface area contributed by atoms with Gasteiger partial charge in [0.15, 0.2) is 11.6 Å². The van der Waals surface area contributed by atoms with Crippen LogP contribution in [0.5, 0.6) is 0 Å². The summed E-state index contributed by atoms with van der Waals surface area (Å²) in [5.41, 5.74) is 0.898. The van der Waals surface area contributed by atoms with Crippen LogP contribution in [0.3, 0.4) is 0 Å². The Bertz CT molecular complexity index is 450. The first-order valence-electron chi connectivity index (χ1n) is 7.38. The summed E-state index contributed by atoms with van der Waals surface area (Å²) in [6.07, 6.45) is 4.89. The molecular weight excluding hydrogens is 244 g/mol. The van der Waals surface area contributed by atoms with Crippen molar-refractivity contribution in [3.05, 3.63) is 35.4 Å². The molecule has 0 bridgehead atoms. The van der Waals surface area contributed by atoms with Gasteiger partial charge in [0.05, 0.1) is 0 Å². The maximum atomic E-state index is 13.3. The molecule has 1 aromatic carbocycles. The van der Waals surface area contributed by atoms with E-state index in [0.29, 0.717) is 6.04 Å². The van der Waals surface area contributed by atoms with Crippen molar-refractivity contribution in [2.24, 2.45) is 17.8 Å². The van der Waals surface area contributed by atoms with Crippen molar-refractivity contribution in [3.63, 3.8) is 0 Å². The highest BCUT2D eigenvalue weighted by Crippen LogP contribution is 2.59. The Morgan fingerprint density at radius 3 is 2.58 bits per heavy atom. The Hall–Kier alpha value is -0.960. The number of halogens is 2. The third kappa shape index (κ3) is 2.53. The number of hydrogen-bond donors (Lipinski definition) is 1. The highest BCUT2D eigenvalue weighted by atomic mass is 19.2. The van der Waals surface area contributed by atoms with Crippen LogP contribution in [0, 0.1) is 29.4 Å². The van der Waals surface area contributed by atoms with Crippen LogP contribution in [0.4, 0.5) is 8.78 Å². The van der Waals surface area contributed by atoms with Gasteiger partial charge in [-0.2, -0.15) is 0 Å². The molecule has 3 atom stereocenters. The lowest BCUT2D eigenvalue weighted by atomic mass is 9.97. The second-order valence-electron chi connectivity index (χ2n) is 5.95. The number of fused-ring (bicyclic) bond motifs is 1. The average Bonchev–Trinajstić information content (AvgIpc) is 2.86. The lowest BCUT2D eigenvalue weighted by Crippen LogP contribution is -2.34. The van der Waals surface area contributed by atoms with E-state index in [1.807, 2.05) is 0 Å². The molecule has 3 unspecified atom stereocenters. The first kappa shape index (κ1) is 13.0. The van der Waals surface area contributed by atoms with Crippen molar-refractivity contribution < 1.29 is 8.78 Å². The van der Waals surface area contributed by atoms with Crippen LogP contribution in [0.2, 0.25) is 0 Å². The average molecular weight is 265 g/mol. The summed E-state index contributed by atoms with van der Waals surface area (Å²) >= 11 is 0. The Morgan fingerprint density at radius 2 is 1.95 bits per heavy atom. The van der Waals surface area contributed by atoms with Crippen molar-refractivity contribution >= 4 is 0 Å². The molecule has 0 heterocycles. The van der Waals surface area contributed by atoms with E-state index in [1.54, 1.807) is 6.07 Å². The van der Waals surface area contributed by atoms with Crippen LogP contribution >= 0.6 is 0 Å². The molecule has 0 amide bonds. The Balaban J connectivity index is 1.69. The van der Waals surface area contributed by atoms with Crippen LogP contribution < -0.4 is 5.32 Å². The van der Waals surface area contributed by atoms with E-state index in [4.69, 9.17) is 0 Å². The molecule has 1 aromatic rings. The SMILES string of the molecule is CCNC(Cc1ccc(F)c(F)c1)C1C2CCCC21. The molecule has 1 nitrogen and oxygen atoms in total. The van der Waals surface area contributed by atoms with Gasteiger partial charge in [-0.3, -0.25) is 0 Å². The zero-order valence-corrected chi connectivity index (χ0v) is 11.3. The standard InChI is InChI=1S/C16H21F2N/c1-2-19-15(16-11-4-3-5-12(11)16)9-10-6-7-13(17)14(18)8-10/h6-8,11-12,15-16,19H,2-5,9H2,1H3. The van der Waals surface area contributed by atoms with Crippen molar-refractivity contribution in [3.8, 4) is 0 Å². The van der Waals surface area contributed by atoms with Crippen LogP contribution in [-0.4, -0.2) is 12.6 Å². The zero-order valence-electron chi connectivity index (χ0n) is 11.3. The van der Waals surface area contributed by atoms with Crippen LogP contribution in [-0.2, 0) is 6.42 Å². The Kier molecular flexibility index (Phi) is 3.57. The third-order valence-corrected chi connectivity index (χ3v) is 4.84. The summed E-state index contributed by atoms with van der Waals surface area (Å²) in [7, 11) is 0. The highest BCUT2D eigenvalue weighted by Gasteiger charge is 2.55. The van der Waals surface area contributed by atoms with Gasteiger partial charge < -0.3 is 5.32 Å². The maximum absolute atomic E-state index is 13.3. The van der Waals surface area contributed by atoms with Gasteiger partial charge in [0.25, 0.3) is 0 Å². The van der Waals surface area contributed by atoms with E-state index in [9.17, 15) is 8.78 Å². The minimum absolute atomic E-state index is 0.421. The van der Waals surface area contributed by atoms with Crippen molar-refractivity contribution in [2.75, 3.05) is 6.54 Å². The van der Waals surface area contributed by atoms with E-state index in [0.717, 1.165) is 36.3 Å². The number of benzene rings is 1. The molecule has 3 rings (SSSR count). The van der Waals surface area contributed by atoms with Gasteiger partial charge in [-0.1, -0.05) is 19.4 Å². The fourth-order valence-corrected chi connectivity index (χ4v) is 4.00. The van der Waals surface area contributed by atoms with E-state index >= 15 is 0 Å². The molecule has 2 aliphatic rings. The predicted molar refractivity (Wildman–Crippen MR) is 71.8 cm³/mol. The monoisotopic (exact) mass is 265 g/mol. The van der Waals surface area contributed by atoms with E-state index in [-0.39, 0.29) is 0 Å². The Morgan fingerprint density at radius 1 is 1.21 bits per heavy atom. The van der Waals surface area contributed by atoms with Gasteiger partial charge in [0, 0.05) is 6.04 Å². The van der Waals surface area contributed by atoms with Gasteiger partial charge in [-0.15, -0.1) is 0 Å². The van der Waals surface area contributed by atoms with Crippen molar-refractivity contribution in [1.82, 2.24) is 5.32 Å². The summed E-state index contributed by atoms with van der Waals surface area (Å²) in [5.74, 6) is 1.03. The van der Waals surface area contributed by atoms with Crippen LogP contribution in [0.15, 0.2) is 18.2 Å². The smallest absolute Gasteiger partial charge is 0.159 e. The molecule has 0 aromatic heterocycles. The van der Waals surface area contributed by atoms with Gasteiger partial charge >= 0.3 is 0 Å². The second-order valence-corrected chi connectivity index (χ2v) is 5.95. The van der Waals surface area contributed by atoms with E-state index in [2.05, 4.69) is 12.2 Å². The van der Waals surface area contributed by atoms with Crippen LogP contribution in [0.1, 0.15) is 31.7 Å². The molecule has 1 N–H and O–H groups in total. The molecule has 0 saturated heterocycles. The number of rotatable bonds is 5. The first-order chi connectivity index (χ1) is 9.20. The summed E-state index contributed by atoms with van der Waals surface area (Å²) in [4.78, 5) is 0. The summed E-state index contributed by atoms with van der Waals surface area (Å²) < 4.78 is 26.2. The molecular formula is C16H21F2N. The van der Waals surface area contributed by atoms with Gasteiger partial charge in [0.2, 0.25) is 0 Å². The van der Waals surface area contributed by atoms with Gasteiger partial charge in [-0.25, -0.2) is 8.78 Å². The molecule has 0 radical (unpaired) electrons. The topological polar surface area (TPSA) is 12.0 Å². The molecule has 104 valence electrons. The summed E-state index contributed by atoms with van der Waals surface area (Å²) in [6, 6.07) is 4.71. The third-order valence-electron chi connectivity index (χ3n) is 4.84. The minimum Gasteiger partial charge on any atom is -0.314 e. The fraction of sp³-hybridized carbons (Fsp3) is 0.625. The molecule has 2 fully saturated rings. The summed E-state index contributed by atoms with van der Waals surface area (Å²) in [6.45, 7) is 3.04. The highest BCUT2D eigenvalue weighted by molar-refractivity contribution is 5.20. The van der Waals surface area contributed by atoms with E-state index < -0.39 is 11.6 Å². The molecule has 0 spiro atoms. The van der Waals surface area contributed by atoms with Gasteiger partial charge in [-0.05, 0) is 61.3 Å². The molecule has 0 aliphatic heterocycles. The second kappa shape index (κ2) is 5.20. The predicted octanol–water partition coefficient (Wildman–Crippen LogP) is 3.53. The maximum Gasteiger partial charge on any atom is 0.159 e. The fourth-order valence-electron chi connectivity index (χ4n) is 4.00. The summed E-state index contributed by atoms with van der Waals surface area (Å²) in [5, 5.41) is 3.54. The molecule has 19 heavy (non-hydrogen) atoms.